The van der Waals surface area contributed by atoms with Crippen molar-refractivity contribution < 1.29 is 53.9 Å². The number of aliphatic hydroxyl groups excluding tert-OH is 5. The maximum Gasteiger partial charge on any atom is 0.449 e. The fourth-order valence-electron chi connectivity index (χ4n) is 6.28. The summed E-state index contributed by atoms with van der Waals surface area (Å²) in [7, 11) is 1.59. The molecule has 7 N–H and O–H groups in total. The van der Waals surface area contributed by atoms with Gasteiger partial charge in [-0.25, -0.2) is 4.79 Å². The molecule has 14 heteroatoms. The number of carbonyl (C=O) groups is 2. The number of aliphatic hydroxyl groups is 5. The van der Waals surface area contributed by atoms with Gasteiger partial charge in [-0.15, -0.1) is 0 Å². The summed E-state index contributed by atoms with van der Waals surface area (Å²) in [4.78, 5) is 26.5. The molecule has 0 aromatic heterocycles. The van der Waals surface area contributed by atoms with E-state index in [4.69, 9.17) is 14.2 Å². The number of hydrogen-bond donors (Lipinski definition) is 7. The molecular weight excluding hydrogens is 588 g/mol. The number of unbranched alkanes of at least 4 members (excludes halogenated alkanes) is 12. The number of nitrogens with one attached hydrogen (secondary N) is 2. The zero-order chi connectivity index (χ0) is 33.0. The number of ether oxygens (including phenoxy) is 3. The van der Waals surface area contributed by atoms with Gasteiger partial charge in [0.15, 0.2) is 18.3 Å². The van der Waals surface area contributed by atoms with Crippen LogP contribution in [0.4, 0.5) is 4.79 Å². The first kappa shape index (κ1) is 37.7. The van der Waals surface area contributed by atoms with Gasteiger partial charge >= 0.3 is 12.0 Å². The normalized spacial score (nSPS) is 36.4. The molecule has 2 saturated heterocycles. The summed E-state index contributed by atoms with van der Waals surface area (Å²) in [5, 5.41) is 62.4. The topological polar surface area (TPSA) is 199 Å². The zero-order valence-electron chi connectivity index (χ0n) is 27.2. The lowest BCUT2D eigenvalue weighted by Gasteiger charge is -2.44. The van der Waals surface area contributed by atoms with Crippen molar-refractivity contribution in [2.45, 2.75) is 158 Å². The molecule has 2 fully saturated rings. The Kier molecular flexibility index (Phi) is 15.1. The average Bonchev–Trinajstić information content (AvgIpc) is 3.50. The molecule has 260 valence electrons. The molecular formula is C31H57N4O10+. The fourth-order valence-corrected chi connectivity index (χ4v) is 6.28. The highest BCUT2D eigenvalue weighted by atomic mass is 16.6. The van der Waals surface area contributed by atoms with Crippen molar-refractivity contribution in [3.05, 3.63) is 0 Å². The van der Waals surface area contributed by atoms with E-state index >= 15 is 0 Å². The second-order valence-corrected chi connectivity index (χ2v) is 12.8. The van der Waals surface area contributed by atoms with Gasteiger partial charge in [0, 0.05) is 6.42 Å². The van der Waals surface area contributed by atoms with Gasteiger partial charge in [-0.2, -0.15) is 0 Å². The van der Waals surface area contributed by atoms with E-state index in [1.807, 2.05) is 0 Å². The van der Waals surface area contributed by atoms with Gasteiger partial charge in [-0.1, -0.05) is 93.7 Å². The molecule has 0 bridgehead atoms. The van der Waals surface area contributed by atoms with E-state index < -0.39 is 84.5 Å². The van der Waals surface area contributed by atoms with Crippen LogP contribution >= 0.6 is 0 Å². The predicted octanol–water partition coefficient (Wildman–Crippen LogP) is 1.36. The van der Waals surface area contributed by atoms with Gasteiger partial charge in [0.1, 0.15) is 30.2 Å². The van der Waals surface area contributed by atoms with Crippen LogP contribution in [0, 0.1) is 0 Å². The van der Waals surface area contributed by atoms with Crippen LogP contribution in [0.2, 0.25) is 0 Å². The Morgan fingerprint density at radius 2 is 1.40 bits per heavy atom. The molecule has 14 nitrogen and oxygen atoms in total. The Hall–Kier alpha value is -1.75. The highest BCUT2D eigenvalue weighted by molar-refractivity contribution is 5.81. The largest absolute Gasteiger partial charge is 0.456 e. The number of rotatable bonds is 20. The van der Waals surface area contributed by atoms with Crippen LogP contribution in [0.5, 0.6) is 0 Å². The minimum Gasteiger partial charge on any atom is -0.456 e. The standard InChI is InChI=1S/C31H56N4O10/c1-4-5-6-7-8-9-10-11-12-13-14-15-16-17-23(38)45-27-22(19-37)44-29(26(27)41)35(28-25(40)24(39)21(18-36)43-28)30(42)34-31(2,32-3)20-33-35/h20-22,24-29,32,36-37,39-41H,4-19H2,1-3H3/p+1/t21-,22-,24-,25-,26+,27-,28-,29-,31?,35?/m1/s1. The Morgan fingerprint density at radius 1 is 0.889 bits per heavy atom. The number of esters is 1. The summed E-state index contributed by atoms with van der Waals surface area (Å²) in [6.07, 6.45) is 4.76. The first-order valence-electron chi connectivity index (χ1n) is 16.8. The third-order valence-electron chi connectivity index (χ3n) is 9.25. The highest BCUT2D eigenvalue weighted by Crippen LogP contribution is 2.40. The zero-order valence-corrected chi connectivity index (χ0v) is 27.2. The molecule has 0 aromatic carbocycles. The molecule has 0 aliphatic carbocycles. The van der Waals surface area contributed by atoms with Crippen LogP contribution in [0.1, 0.15) is 104 Å². The highest BCUT2D eigenvalue weighted by Gasteiger charge is 2.69. The fraction of sp³-hybridized carbons (Fsp3) is 0.903. The van der Waals surface area contributed by atoms with E-state index in [1.54, 1.807) is 14.0 Å². The Bertz CT molecular complexity index is 959. The first-order chi connectivity index (χ1) is 21.6. The Labute approximate surface area is 266 Å². The van der Waals surface area contributed by atoms with Gasteiger partial charge in [0.25, 0.3) is 12.5 Å². The maximum atomic E-state index is 13.7. The SMILES string of the molecule is CCCCCCCCCCCCCCCC(=O)O[C@H]1[C@H](O)[C@H]([N+]2([C@@H]3O[C@H](CO)[C@@H](O)[C@H]3O)N=CC(C)(NC)NC2=O)O[C@@H]1CO. The van der Waals surface area contributed by atoms with Crippen molar-refractivity contribution in [3.8, 4) is 0 Å². The monoisotopic (exact) mass is 645 g/mol. The molecule has 3 aliphatic rings. The molecule has 0 spiro atoms. The summed E-state index contributed by atoms with van der Waals surface area (Å²) < 4.78 is 15.9. The van der Waals surface area contributed by atoms with Gasteiger partial charge in [-0.05, 0) is 20.4 Å². The Balaban J connectivity index is 1.56. The quantitative estimate of drug-likeness (QED) is 0.0573. The van der Waals surface area contributed by atoms with Crippen molar-refractivity contribution in [1.82, 2.24) is 10.6 Å². The van der Waals surface area contributed by atoms with Gasteiger partial charge < -0.3 is 39.7 Å². The summed E-state index contributed by atoms with van der Waals surface area (Å²) in [5.41, 5.74) is -1.10. The number of quaternary nitrogens is 1. The lowest BCUT2D eigenvalue weighted by atomic mass is 10.0. The van der Waals surface area contributed by atoms with Crippen molar-refractivity contribution in [2.24, 2.45) is 5.10 Å². The molecule has 0 radical (unpaired) electrons. The number of urea groups is 1. The van der Waals surface area contributed by atoms with E-state index in [9.17, 15) is 35.1 Å². The van der Waals surface area contributed by atoms with Gasteiger partial charge in [-0.3, -0.25) is 15.4 Å². The summed E-state index contributed by atoms with van der Waals surface area (Å²) in [5.74, 6) is -0.571. The van der Waals surface area contributed by atoms with Crippen LogP contribution < -0.4 is 10.6 Å². The lowest BCUT2D eigenvalue weighted by molar-refractivity contribution is -0.954. The Morgan fingerprint density at radius 3 is 1.89 bits per heavy atom. The van der Waals surface area contributed by atoms with Crippen molar-refractivity contribution >= 4 is 18.2 Å². The molecule has 10 atom stereocenters. The first-order valence-corrected chi connectivity index (χ1v) is 16.8. The molecule has 3 heterocycles. The van der Waals surface area contributed by atoms with Gasteiger partial charge in [0.2, 0.25) is 0 Å². The molecule has 2 unspecified atom stereocenters. The molecule has 3 rings (SSSR count). The summed E-state index contributed by atoms with van der Waals surface area (Å²) in [6, 6.07) is -0.858. The molecule has 0 saturated carbocycles. The number of amides is 2. The smallest absolute Gasteiger partial charge is 0.449 e. The number of hydrogen-bond acceptors (Lipinski definition) is 12. The molecule has 0 aromatic rings. The van der Waals surface area contributed by atoms with Gasteiger partial charge in [0.05, 0.1) is 13.2 Å². The molecule has 45 heavy (non-hydrogen) atoms. The molecule has 3 aliphatic heterocycles. The van der Waals surface area contributed by atoms with Crippen LogP contribution in [-0.2, 0) is 19.0 Å². The van der Waals surface area contributed by atoms with Crippen molar-refractivity contribution in [3.63, 3.8) is 0 Å². The van der Waals surface area contributed by atoms with E-state index in [1.165, 1.54) is 64.0 Å². The lowest BCUT2D eigenvalue weighted by Crippen LogP contribution is -2.76. The minimum absolute atomic E-state index is 0.123. The number of nitrogens with zero attached hydrogens (tertiary/aromatic N) is 2. The second-order valence-electron chi connectivity index (χ2n) is 12.8. The van der Waals surface area contributed by atoms with Crippen molar-refractivity contribution in [2.75, 3.05) is 20.3 Å². The third-order valence-corrected chi connectivity index (χ3v) is 9.25. The van der Waals surface area contributed by atoms with Crippen LogP contribution in [0.3, 0.4) is 0 Å². The van der Waals surface area contributed by atoms with Crippen LogP contribution in [0.15, 0.2) is 5.10 Å². The number of carbonyl (C=O) groups excluding carboxylic acids is 2. The van der Waals surface area contributed by atoms with Crippen LogP contribution in [0.25, 0.3) is 0 Å². The van der Waals surface area contributed by atoms with E-state index in [0.29, 0.717) is 6.42 Å². The van der Waals surface area contributed by atoms with E-state index in [-0.39, 0.29) is 6.42 Å². The maximum absolute atomic E-state index is 13.7. The summed E-state index contributed by atoms with van der Waals surface area (Å²) >= 11 is 0. The van der Waals surface area contributed by atoms with Crippen LogP contribution in [-0.4, -0.2) is 123 Å². The average molecular weight is 646 g/mol. The predicted molar refractivity (Wildman–Crippen MR) is 164 cm³/mol. The summed E-state index contributed by atoms with van der Waals surface area (Å²) in [6.45, 7) is 2.57. The van der Waals surface area contributed by atoms with Crippen molar-refractivity contribution in [1.29, 1.82) is 0 Å². The minimum atomic E-state index is -1.70. The van der Waals surface area contributed by atoms with E-state index in [2.05, 4.69) is 22.7 Å². The van der Waals surface area contributed by atoms with E-state index in [0.717, 1.165) is 19.3 Å². The second kappa shape index (κ2) is 18.0. The molecule has 2 amide bonds. The third kappa shape index (κ3) is 9.20.